The SMILES string of the molecule is CC(C)N1CCCN(N=O)CCC1. The molecule has 0 spiro atoms. The highest BCUT2D eigenvalue weighted by molar-refractivity contribution is 4.68. The van der Waals surface area contributed by atoms with Crippen LogP contribution in [0.2, 0.25) is 0 Å². The maximum absolute atomic E-state index is 10.3. The van der Waals surface area contributed by atoms with Gasteiger partial charge in [-0.3, -0.25) is 5.01 Å². The summed E-state index contributed by atoms with van der Waals surface area (Å²) >= 11 is 0. The molecular weight excluding hydrogens is 166 g/mol. The molecule has 13 heavy (non-hydrogen) atoms. The average Bonchev–Trinajstić information content (AvgIpc) is 2.03. The Kier molecular flexibility index (Phi) is 4.15. The van der Waals surface area contributed by atoms with Crippen molar-refractivity contribution >= 4 is 0 Å². The van der Waals surface area contributed by atoms with E-state index in [2.05, 4.69) is 24.0 Å². The summed E-state index contributed by atoms with van der Waals surface area (Å²) < 4.78 is 0. The molecule has 1 aliphatic rings. The lowest BCUT2D eigenvalue weighted by Crippen LogP contribution is -2.38. The van der Waals surface area contributed by atoms with E-state index in [1.165, 1.54) is 0 Å². The molecule has 0 aliphatic carbocycles. The van der Waals surface area contributed by atoms with Crippen LogP contribution in [0, 0.1) is 4.91 Å². The van der Waals surface area contributed by atoms with E-state index in [-0.39, 0.29) is 0 Å². The topological polar surface area (TPSA) is 35.9 Å². The maximum atomic E-state index is 10.3. The first-order chi connectivity index (χ1) is 6.24. The summed E-state index contributed by atoms with van der Waals surface area (Å²) in [6.45, 7) is 8.24. The molecule has 0 bridgehead atoms. The van der Waals surface area contributed by atoms with E-state index >= 15 is 0 Å². The second kappa shape index (κ2) is 5.17. The lowest BCUT2D eigenvalue weighted by atomic mass is 10.2. The van der Waals surface area contributed by atoms with Crippen LogP contribution in [0.4, 0.5) is 0 Å². The molecule has 0 aromatic rings. The maximum Gasteiger partial charge on any atom is 0.0523 e. The number of nitrogens with zero attached hydrogens (tertiary/aromatic N) is 3. The lowest BCUT2D eigenvalue weighted by Gasteiger charge is -2.30. The Morgan fingerprint density at radius 2 is 1.62 bits per heavy atom. The quantitative estimate of drug-likeness (QED) is 0.611. The van der Waals surface area contributed by atoms with Gasteiger partial charge in [0.2, 0.25) is 0 Å². The van der Waals surface area contributed by atoms with Crippen LogP contribution < -0.4 is 0 Å². The molecule has 1 heterocycles. The van der Waals surface area contributed by atoms with Gasteiger partial charge >= 0.3 is 0 Å². The van der Waals surface area contributed by atoms with Crippen molar-refractivity contribution in [3.8, 4) is 0 Å². The summed E-state index contributed by atoms with van der Waals surface area (Å²) in [5, 5.41) is 4.62. The van der Waals surface area contributed by atoms with Gasteiger partial charge < -0.3 is 4.90 Å². The highest BCUT2D eigenvalue weighted by Crippen LogP contribution is 2.07. The van der Waals surface area contributed by atoms with E-state index in [9.17, 15) is 4.91 Å². The van der Waals surface area contributed by atoms with Crippen LogP contribution in [0.3, 0.4) is 0 Å². The van der Waals surface area contributed by atoms with Crippen molar-refractivity contribution in [2.24, 2.45) is 5.29 Å². The van der Waals surface area contributed by atoms with Gasteiger partial charge in [-0.1, -0.05) is 0 Å². The molecule has 0 radical (unpaired) electrons. The van der Waals surface area contributed by atoms with E-state index in [0.29, 0.717) is 6.04 Å². The van der Waals surface area contributed by atoms with Gasteiger partial charge in [0.25, 0.3) is 0 Å². The van der Waals surface area contributed by atoms with Gasteiger partial charge in [-0.2, -0.15) is 0 Å². The summed E-state index contributed by atoms with van der Waals surface area (Å²) in [7, 11) is 0. The molecule has 0 saturated carbocycles. The van der Waals surface area contributed by atoms with Crippen molar-refractivity contribution in [2.45, 2.75) is 32.7 Å². The van der Waals surface area contributed by atoms with Crippen molar-refractivity contribution in [1.82, 2.24) is 9.91 Å². The van der Waals surface area contributed by atoms with Gasteiger partial charge in [0.05, 0.1) is 5.29 Å². The first-order valence-corrected chi connectivity index (χ1v) is 5.06. The molecule has 0 aromatic heterocycles. The monoisotopic (exact) mass is 185 g/mol. The second-order valence-electron chi connectivity index (χ2n) is 3.87. The third-order valence-electron chi connectivity index (χ3n) is 2.57. The van der Waals surface area contributed by atoms with Crippen LogP contribution in [-0.4, -0.2) is 42.1 Å². The molecule has 1 saturated heterocycles. The first kappa shape index (κ1) is 10.4. The zero-order chi connectivity index (χ0) is 9.68. The van der Waals surface area contributed by atoms with Gasteiger partial charge in [0.1, 0.15) is 0 Å². The molecular formula is C9H19N3O. The fourth-order valence-corrected chi connectivity index (χ4v) is 1.73. The van der Waals surface area contributed by atoms with Crippen LogP contribution in [0.5, 0.6) is 0 Å². The molecule has 0 N–H and O–H groups in total. The summed E-state index contributed by atoms with van der Waals surface area (Å²) in [6.07, 6.45) is 2.09. The van der Waals surface area contributed by atoms with Crippen LogP contribution in [-0.2, 0) is 0 Å². The molecule has 1 fully saturated rings. The largest absolute Gasteiger partial charge is 0.301 e. The van der Waals surface area contributed by atoms with Gasteiger partial charge in [-0.05, 0) is 26.7 Å². The third-order valence-corrected chi connectivity index (χ3v) is 2.57. The van der Waals surface area contributed by atoms with E-state index < -0.39 is 0 Å². The number of rotatable bonds is 2. The van der Waals surface area contributed by atoms with Crippen molar-refractivity contribution in [3.63, 3.8) is 0 Å². The fraction of sp³-hybridized carbons (Fsp3) is 1.00. The van der Waals surface area contributed by atoms with Crippen LogP contribution in [0.1, 0.15) is 26.7 Å². The third kappa shape index (κ3) is 3.30. The smallest absolute Gasteiger partial charge is 0.0523 e. The molecule has 4 nitrogen and oxygen atoms in total. The van der Waals surface area contributed by atoms with Gasteiger partial charge in [0, 0.05) is 32.2 Å². The van der Waals surface area contributed by atoms with Crippen molar-refractivity contribution in [3.05, 3.63) is 4.91 Å². The molecule has 0 aromatic carbocycles. The zero-order valence-electron chi connectivity index (χ0n) is 8.57. The zero-order valence-corrected chi connectivity index (χ0v) is 8.57. The van der Waals surface area contributed by atoms with Crippen molar-refractivity contribution in [1.29, 1.82) is 0 Å². The molecule has 1 aliphatic heterocycles. The predicted molar refractivity (Wildman–Crippen MR) is 53.3 cm³/mol. The molecule has 76 valence electrons. The van der Waals surface area contributed by atoms with Crippen molar-refractivity contribution in [2.75, 3.05) is 26.2 Å². The number of hydrogen-bond donors (Lipinski definition) is 0. The van der Waals surface area contributed by atoms with E-state index in [0.717, 1.165) is 39.0 Å². The van der Waals surface area contributed by atoms with E-state index in [1.807, 2.05) is 0 Å². The number of hydrogen-bond acceptors (Lipinski definition) is 3. The fourth-order valence-electron chi connectivity index (χ4n) is 1.73. The highest BCUT2D eigenvalue weighted by atomic mass is 16.3. The van der Waals surface area contributed by atoms with E-state index in [1.54, 1.807) is 5.01 Å². The lowest BCUT2D eigenvalue weighted by molar-refractivity contribution is 0.158. The molecule has 1 rings (SSSR count). The summed E-state index contributed by atoms with van der Waals surface area (Å²) in [6, 6.07) is 0.621. The van der Waals surface area contributed by atoms with Gasteiger partial charge in [0.15, 0.2) is 0 Å². The van der Waals surface area contributed by atoms with Crippen LogP contribution >= 0.6 is 0 Å². The minimum atomic E-state index is 0.621. The molecule has 0 unspecified atom stereocenters. The van der Waals surface area contributed by atoms with Crippen LogP contribution in [0.25, 0.3) is 0 Å². The summed E-state index contributed by atoms with van der Waals surface area (Å²) in [4.78, 5) is 12.8. The average molecular weight is 185 g/mol. The van der Waals surface area contributed by atoms with Gasteiger partial charge in [-0.15, -0.1) is 4.91 Å². The molecule has 0 atom stereocenters. The Morgan fingerprint density at radius 1 is 1.08 bits per heavy atom. The highest BCUT2D eigenvalue weighted by Gasteiger charge is 2.13. The van der Waals surface area contributed by atoms with Crippen LogP contribution in [0.15, 0.2) is 5.29 Å². The number of nitroso groups, excluding NO2 is 1. The van der Waals surface area contributed by atoms with Gasteiger partial charge in [-0.25, -0.2) is 0 Å². The Labute approximate surface area is 79.8 Å². The normalized spacial score (nSPS) is 21.3. The minimum Gasteiger partial charge on any atom is -0.301 e. The Morgan fingerprint density at radius 3 is 2.00 bits per heavy atom. The second-order valence-corrected chi connectivity index (χ2v) is 3.87. The standard InChI is InChI=1S/C9H19N3O/c1-9(2)11-5-3-7-12(10-13)8-4-6-11/h9H,3-8H2,1-2H3. The molecule has 0 amide bonds. The molecule has 4 heteroatoms. The Hall–Kier alpha value is -0.640. The Balaban J connectivity index is 2.34. The minimum absolute atomic E-state index is 0.621. The van der Waals surface area contributed by atoms with Crippen molar-refractivity contribution < 1.29 is 0 Å². The first-order valence-electron chi connectivity index (χ1n) is 5.06. The summed E-state index contributed by atoms with van der Waals surface area (Å²) in [5.41, 5.74) is 0. The summed E-state index contributed by atoms with van der Waals surface area (Å²) in [5.74, 6) is 0. The van der Waals surface area contributed by atoms with E-state index in [4.69, 9.17) is 0 Å². The predicted octanol–water partition coefficient (Wildman–Crippen LogP) is 1.47. The Bertz CT molecular complexity index is 151.